The Morgan fingerprint density at radius 3 is 2.55 bits per heavy atom. The first-order chi connectivity index (χ1) is 15.2. The van der Waals surface area contributed by atoms with Crippen molar-refractivity contribution < 1.29 is 9.53 Å². The number of esters is 1. The zero-order valence-electron chi connectivity index (χ0n) is 16.7. The molecule has 0 saturated carbocycles. The molecule has 0 fully saturated rings. The summed E-state index contributed by atoms with van der Waals surface area (Å²) in [5.74, 6) is 0.117. The number of fused-ring (bicyclic) bond motifs is 3. The number of anilines is 1. The van der Waals surface area contributed by atoms with Gasteiger partial charge in [0.05, 0.1) is 5.56 Å². The number of nitrogens with zero attached hydrogens (tertiary/aromatic N) is 2. The van der Waals surface area contributed by atoms with Crippen molar-refractivity contribution in [3.63, 3.8) is 0 Å². The monoisotopic (exact) mass is 405 g/mol. The molecule has 5 heteroatoms. The molecule has 31 heavy (non-hydrogen) atoms. The van der Waals surface area contributed by atoms with Crippen molar-refractivity contribution in [2.45, 2.75) is 6.61 Å². The van der Waals surface area contributed by atoms with Gasteiger partial charge >= 0.3 is 5.97 Å². The summed E-state index contributed by atoms with van der Waals surface area (Å²) in [5.41, 5.74) is 9.17. The zero-order valence-corrected chi connectivity index (χ0v) is 16.7. The van der Waals surface area contributed by atoms with E-state index in [2.05, 4.69) is 16.0 Å². The number of rotatable bonds is 4. The molecule has 150 valence electrons. The molecule has 5 nitrogen and oxygen atoms in total. The largest absolute Gasteiger partial charge is 0.457 e. The third-order valence-corrected chi connectivity index (χ3v) is 5.30. The number of carbonyl (C=O) groups is 1. The number of pyridine rings is 2. The van der Waals surface area contributed by atoms with Crippen LogP contribution in [0.25, 0.3) is 32.7 Å². The lowest BCUT2D eigenvalue weighted by Gasteiger charge is -2.12. The van der Waals surface area contributed by atoms with E-state index in [9.17, 15) is 4.79 Å². The van der Waals surface area contributed by atoms with Crippen LogP contribution >= 0.6 is 0 Å². The Hall–Kier alpha value is -4.25. The van der Waals surface area contributed by atoms with E-state index in [1.54, 1.807) is 24.5 Å². The van der Waals surface area contributed by atoms with Gasteiger partial charge in [-0.1, -0.05) is 36.4 Å². The van der Waals surface area contributed by atoms with Gasteiger partial charge in [0, 0.05) is 29.5 Å². The highest BCUT2D eigenvalue weighted by molar-refractivity contribution is 6.14. The molecule has 0 aliphatic carbocycles. The Morgan fingerprint density at radius 2 is 1.74 bits per heavy atom. The first kappa shape index (κ1) is 18.8. The van der Waals surface area contributed by atoms with Crippen LogP contribution in [-0.2, 0) is 11.3 Å². The second-order valence-corrected chi connectivity index (χ2v) is 7.31. The van der Waals surface area contributed by atoms with Gasteiger partial charge in [0.1, 0.15) is 12.4 Å². The predicted octanol–water partition coefficient (Wildman–Crippen LogP) is 5.39. The fraction of sp³-hybridized carbons (Fsp3) is 0.0385. The SMILES string of the molecule is Nc1ccc(-c2cc3cc(C(=O)OCc4ccccc4)ccc3c3cnccc23)cn1. The maximum atomic E-state index is 12.7. The molecule has 0 amide bonds. The number of carbonyl (C=O) groups excluding carboxylic acids is 1. The van der Waals surface area contributed by atoms with E-state index in [0.717, 1.165) is 38.2 Å². The lowest BCUT2D eigenvalue weighted by Crippen LogP contribution is -2.05. The van der Waals surface area contributed by atoms with Crippen LogP contribution in [0, 0.1) is 0 Å². The van der Waals surface area contributed by atoms with E-state index in [0.29, 0.717) is 11.4 Å². The van der Waals surface area contributed by atoms with E-state index in [-0.39, 0.29) is 12.6 Å². The molecule has 0 spiro atoms. The van der Waals surface area contributed by atoms with Crippen LogP contribution < -0.4 is 5.73 Å². The number of hydrogen-bond acceptors (Lipinski definition) is 5. The first-order valence-electron chi connectivity index (χ1n) is 9.92. The molecule has 3 aromatic carbocycles. The molecule has 2 heterocycles. The Labute approximate surface area is 179 Å². The van der Waals surface area contributed by atoms with Crippen molar-refractivity contribution in [2.24, 2.45) is 0 Å². The summed E-state index contributed by atoms with van der Waals surface area (Å²) in [6, 6.07) is 23.0. The molecule has 2 aromatic heterocycles. The van der Waals surface area contributed by atoms with Crippen molar-refractivity contribution in [3.05, 3.63) is 103 Å². The number of aromatic nitrogens is 2. The minimum atomic E-state index is -0.354. The Kier molecular flexibility index (Phi) is 4.77. The van der Waals surface area contributed by atoms with Crippen LogP contribution in [0.1, 0.15) is 15.9 Å². The standard InChI is InChI=1S/C26H19N3O2/c27-25-9-7-19(14-29-25)23-13-20-12-18(26(30)31-16-17-4-2-1-3-5-17)6-8-21(20)24-15-28-11-10-22(23)24/h1-15H,16H2,(H2,27,29). The summed E-state index contributed by atoms with van der Waals surface area (Å²) in [7, 11) is 0. The molecule has 0 aliphatic heterocycles. The molecule has 0 aliphatic rings. The number of ether oxygens (including phenoxy) is 1. The van der Waals surface area contributed by atoms with Crippen LogP contribution in [-0.4, -0.2) is 15.9 Å². The number of benzene rings is 3. The van der Waals surface area contributed by atoms with Crippen molar-refractivity contribution >= 4 is 33.3 Å². The van der Waals surface area contributed by atoms with Crippen LogP contribution in [0.5, 0.6) is 0 Å². The maximum Gasteiger partial charge on any atom is 0.338 e. The molecule has 0 atom stereocenters. The fourth-order valence-electron chi connectivity index (χ4n) is 3.74. The van der Waals surface area contributed by atoms with Crippen LogP contribution in [0.15, 0.2) is 91.4 Å². The van der Waals surface area contributed by atoms with Gasteiger partial charge in [-0.25, -0.2) is 9.78 Å². The highest BCUT2D eigenvalue weighted by Crippen LogP contribution is 2.34. The van der Waals surface area contributed by atoms with Gasteiger partial charge in [-0.2, -0.15) is 0 Å². The average molecular weight is 405 g/mol. The summed E-state index contributed by atoms with van der Waals surface area (Å²) in [6.07, 6.45) is 5.38. The second-order valence-electron chi connectivity index (χ2n) is 7.31. The van der Waals surface area contributed by atoms with Gasteiger partial charge in [0.25, 0.3) is 0 Å². The third-order valence-electron chi connectivity index (χ3n) is 5.30. The Balaban J connectivity index is 1.57. The van der Waals surface area contributed by atoms with Crippen molar-refractivity contribution in [1.82, 2.24) is 9.97 Å². The molecule has 2 N–H and O–H groups in total. The van der Waals surface area contributed by atoms with Crippen LogP contribution in [0.2, 0.25) is 0 Å². The normalized spacial score (nSPS) is 11.0. The zero-order chi connectivity index (χ0) is 21.2. The smallest absolute Gasteiger partial charge is 0.338 e. The number of nitrogens with two attached hydrogens (primary N) is 1. The highest BCUT2D eigenvalue weighted by atomic mass is 16.5. The molecular formula is C26H19N3O2. The predicted molar refractivity (Wildman–Crippen MR) is 122 cm³/mol. The summed E-state index contributed by atoms with van der Waals surface area (Å²) in [4.78, 5) is 21.2. The highest BCUT2D eigenvalue weighted by Gasteiger charge is 2.13. The summed E-state index contributed by atoms with van der Waals surface area (Å²) in [6.45, 7) is 0.238. The topological polar surface area (TPSA) is 78.1 Å². The number of hydrogen-bond donors (Lipinski definition) is 1. The maximum absolute atomic E-state index is 12.7. The fourth-order valence-corrected chi connectivity index (χ4v) is 3.74. The number of nitrogen functional groups attached to an aromatic ring is 1. The quantitative estimate of drug-likeness (QED) is 0.320. The Bertz CT molecular complexity index is 1400. The van der Waals surface area contributed by atoms with E-state index in [1.165, 1.54) is 0 Å². The van der Waals surface area contributed by atoms with Gasteiger partial charge in [-0.15, -0.1) is 0 Å². The molecule has 5 rings (SSSR count). The van der Waals surface area contributed by atoms with Crippen LogP contribution in [0.3, 0.4) is 0 Å². The van der Waals surface area contributed by atoms with E-state index >= 15 is 0 Å². The minimum absolute atomic E-state index is 0.238. The summed E-state index contributed by atoms with van der Waals surface area (Å²) in [5, 5.41) is 4.03. The van der Waals surface area contributed by atoms with Crippen molar-refractivity contribution in [1.29, 1.82) is 0 Å². The first-order valence-corrected chi connectivity index (χ1v) is 9.92. The van der Waals surface area contributed by atoms with Gasteiger partial charge in [0.2, 0.25) is 0 Å². The lowest BCUT2D eigenvalue weighted by molar-refractivity contribution is 0.0473. The molecule has 0 unspecified atom stereocenters. The van der Waals surface area contributed by atoms with E-state index in [4.69, 9.17) is 10.5 Å². The van der Waals surface area contributed by atoms with Crippen LogP contribution in [0.4, 0.5) is 5.82 Å². The van der Waals surface area contributed by atoms with Gasteiger partial charge < -0.3 is 10.5 Å². The van der Waals surface area contributed by atoms with Gasteiger partial charge in [-0.3, -0.25) is 4.98 Å². The minimum Gasteiger partial charge on any atom is -0.457 e. The average Bonchev–Trinajstić information content (AvgIpc) is 2.83. The summed E-state index contributed by atoms with van der Waals surface area (Å²) < 4.78 is 5.50. The second kappa shape index (κ2) is 7.88. The van der Waals surface area contributed by atoms with Gasteiger partial charge in [-0.05, 0) is 63.7 Å². The summed E-state index contributed by atoms with van der Waals surface area (Å²) >= 11 is 0. The molecule has 5 aromatic rings. The van der Waals surface area contributed by atoms with Gasteiger partial charge in [0.15, 0.2) is 0 Å². The van der Waals surface area contributed by atoms with Crippen molar-refractivity contribution in [2.75, 3.05) is 5.73 Å². The molecule has 0 radical (unpaired) electrons. The molecule has 0 bridgehead atoms. The Morgan fingerprint density at radius 1 is 0.871 bits per heavy atom. The van der Waals surface area contributed by atoms with E-state index in [1.807, 2.05) is 60.8 Å². The molecule has 0 saturated heterocycles. The van der Waals surface area contributed by atoms with Crippen molar-refractivity contribution in [3.8, 4) is 11.1 Å². The third kappa shape index (κ3) is 3.69. The van der Waals surface area contributed by atoms with E-state index < -0.39 is 0 Å². The lowest BCUT2D eigenvalue weighted by atomic mass is 9.94. The molecular weight excluding hydrogens is 386 g/mol.